The second-order valence-electron chi connectivity index (χ2n) is 4.98. The molecule has 0 unspecified atom stereocenters. The SMILES string of the molecule is N#C/C(=C/c1cccc(OCC(=O)O)c1)c1ncc(C(F)(F)F)cc1Cl. The van der Waals surface area contributed by atoms with E-state index in [9.17, 15) is 23.2 Å². The molecule has 0 aliphatic rings. The summed E-state index contributed by atoms with van der Waals surface area (Å²) >= 11 is 5.85. The van der Waals surface area contributed by atoms with E-state index in [-0.39, 0.29) is 22.0 Å². The largest absolute Gasteiger partial charge is 0.482 e. The van der Waals surface area contributed by atoms with Gasteiger partial charge in [0.15, 0.2) is 6.61 Å². The van der Waals surface area contributed by atoms with Gasteiger partial charge in [-0.15, -0.1) is 0 Å². The number of rotatable bonds is 5. The number of hydrogen-bond donors (Lipinski definition) is 1. The van der Waals surface area contributed by atoms with Crippen molar-refractivity contribution < 1.29 is 27.8 Å². The van der Waals surface area contributed by atoms with Crippen molar-refractivity contribution in [2.45, 2.75) is 6.18 Å². The summed E-state index contributed by atoms with van der Waals surface area (Å²) in [7, 11) is 0. The van der Waals surface area contributed by atoms with Crippen molar-refractivity contribution in [1.29, 1.82) is 5.26 Å². The number of nitrogens with zero attached hydrogens (tertiary/aromatic N) is 2. The minimum Gasteiger partial charge on any atom is -0.482 e. The molecule has 0 bridgehead atoms. The fraction of sp³-hybridized carbons (Fsp3) is 0.118. The van der Waals surface area contributed by atoms with E-state index in [0.717, 1.165) is 0 Å². The number of halogens is 4. The molecule has 1 N–H and O–H groups in total. The van der Waals surface area contributed by atoms with Gasteiger partial charge in [-0.25, -0.2) is 4.79 Å². The second kappa shape index (κ2) is 7.89. The summed E-state index contributed by atoms with van der Waals surface area (Å²) < 4.78 is 43.0. The first-order valence-electron chi connectivity index (χ1n) is 7.00. The maximum Gasteiger partial charge on any atom is 0.417 e. The summed E-state index contributed by atoms with van der Waals surface area (Å²) in [6, 6.07) is 8.69. The molecule has 0 saturated heterocycles. The lowest BCUT2D eigenvalue weighted by Gasteiger charge is -2.09. The predicted octanol–water partition coefficient (Wildman–Crippen LogP) is 4.28. The van der Waals surface area contributed by atoms with Crippen LogP contribution in [0, 0.1) is 11.3 Å². The van der Waals surface area contributed by atoms with Crippen molar-refractivity contribution >= 4 is 29.2 Å². The molecule has 0 radical (unpaired) electrons. The lowest BCUT2D eigenvalue weighted by atomic mass is 10.1. The van der Waals surface area contributed by atoms with Crippen LogP contribution in [0.1, 0.15) is 16.8 Å². The van der Waals surface area contributed by atoms with Crippen LogP contribution >= 0.6 is 11.6 Å². The highest BCUT2D eigenvalue weighted by molar-refractivity contribution is 6.32. The highest BCUT2D eigenvalue weighted by Gasteiger charge is 2.31. The third kappa shape index (κ3) is 4.97. The Labute approximate surface area is 150 Å². The molecule has 5 nitrogen and oxygen atoms in total. The molecule has 0 atom stereocenters. The first kappa shape index (κ1) is 19.3. The number of hydrogen-bond acceptors (Lipinski definition) is 4. The highest BCUT2D eigenvalue weighted by atomic mass is 35.5. The number of aliphatic carboxylic acids is 1. The zero-order valence-corrected chi connectivity index (χ0v) is 13.7. The van der Waals surface area contributed by atoms with E-state index >= 15 is 0 Å². The molecule has 0 amide bonds. The van der Waals surface area contributed by atoms with Crippen LogP contribution in [0.4, 0.5) is 13.2 Å². The van der Waals surface area contributed by atoms with E-state index in [1.54, 1.807) is 12.1 Å². The fourth-order valence-corrected chi connectivity index (χ4v) is 2.22. The maximum atomic E-state index is 12.7. The van der Waals surface area contributed by atoms with Crippen LogP contribution in [-0.4, -0.2) is 22.7 Å². The summed E-state index contributed by atoms with van der Waals surface area (Å²) in [6.07, 6.45) is -2.64. The Morgan fingerprint density at radius 2 is 2.12 bits per heavy atom. The lowest BCUT2D eigenvalue weighted by Crippen LogP contribution is -2.09. The first-order valence-corrected chi connectivity index (χ1v) is 7.38. The van der Waals surface area contributed by atoms with Gasteiger partial charge in [0.05, 0.1) is 21.9 Å². The lowest BCUT2D eigenvalue weighted by molar-refractivity contribution is -0.139. The van der Waals surface area contributed by atoms with Crippen molar-refractivity contribution in [1.82, 2.24) is 4.98 Å². The van der Waals surface area contributed by atoms with E-state index in [4.69, 9.17) is 21.4 Å². The Balaban J connectivity index is 2.35. The Morgan fingerprint density at radius 3 is 2.69 bits per heavy atom. The Kier molecular flexibility index (Phi) is 5.85. The van der Waals surface area contributed by atoms with Crippen LogP contribution in [0.25, 0.3) is 11.6 Å². The van der Waals surface area contributed by atoms with Crippen LogP contribution < -0.4 is 4.74 Å². The molecule has 1 aromatic heterocycles. The Bertz CT molecular complexity index is 905. The van der Waals surface area contributed by atoms with Gasteiger partial charge in [0.1, 0.15) is 11.8 Å². The van der Waals surface area contributed by atoms with Gasteiger partial charge in [0.25, 0.3) is 0 Å². The minimum absolute atomic E-state index is 0.0564. The van der Waals surface area contributed by atoms with Crippen molar-refractivity contribution in [3.63, 3.8) is 0 Å². The van der Waals surface area contributed by atoms with Gasteiger partial charge in [-0.05, 0) is 29.8 Å². The van der Waals surface area contributed by atoms with Gasteiger partial charge in [-0.2, -0.15) is 18.4 Å². The average Bonchev–Trinajstić information content (AvgIpc) is 2.57. The minimum atomic E-state index is -4.60. The van der Waals surface area contributed by atoms with Gasteiger partial charge >= 0.3 is 12.1 Å². The average molecular weight is 383 g/mol. The molecule has 0 aliphatic heterocycles. The van der Waals surface area contributed by atoms with Gasteiger partial charge < -0.3 is 9.84 Å². The van der Waals surface area contributed by atoms with Crippen LogP contribution in [0.2, 0.25) is 5.02 Å². The molecule has 2 rings (SSSR count). The van der Waals surface area contributed by atoms with E-state index in [1.165, 1.54) is 18.2 Å². The van der Waals surface area contributed by atoms with Gasteiger partial charge in [0, 0.05) is 6.20 Å². The highest BCUT2D eigenvalue weighted by Crippen LogP contribution is 2.33. The number of pyridine rings is 1. The summed E-state index contributed by atoms with van der Waals surface area (Å²) in [5.74, 6) is -0.894. The van der Waals surface area contributed by atoms with Crippen molar-refractivity contribution in [2.24, 2.45) is 0 Å². The fourth-order valence-electron chi connectivity index (χ4n) is 1.95. The summed E-state index contributed by atoms with van der Waals surface area (Å²) in [6.45, 7) is -0.537. The molecule has 9 heteroatoms. The summed E-state index contributed by atoms with van der Waals surface area (Å²) in [5.41, 5.74) is -0.715. The van der Waals surface area contributed by atoms with Crippen LogP contribution in [-0.2, 0) is 11.0 Å². The van der Waals surface area contributed by atoms with Crippen LogP contribution in [0.3, 0.4) is 0 Å². The summed E-state index contributed by atoms with van der Waals surface area (Å²) in [4.78, 5) is 14.2. The molecular formula is C17H10ClF3N2O3. The van der Waals surface area contributed by atoms with Gasteiger partial charge in [0.2, 0.25) is 0 Å². The monoisotopic (exact) mass is 382 g/mol. The number of ether oxygens (including phenoxy) is 1. The Hall–Kier alpha value is -3.05. The zero-order valence-electron chi connectivity index (χ0n) is 12.9. The molecular weight excluding hydrogens is 373 g/mol. The first-order chi connectivity index (χ1) is 12.2. The molecule has 1 heterocycles. The molecule has 0 spiro atoms. The molecule has 0 saturated carbocycles. The van der Waals surface area contributed by atoms with E-state index in [1.807, 2.05) is 6.07 Å². The molecule has 0 aliphatic carbocycles. The maximum absolute atomic E-state index is 12.7. The number of aromatic nitrogens is 1. The number of carboxylic acids is 1. The molecule has 134 valence electrons. The molecule has 26 heavy (non-hydrogen) atoms. The standard InChI is InChI=1S/C17H10ClF3N2O3/c18-14-6-12(17(19,20)21)8-23-16(14)11(7-22)4-10-2-1-3-13(5-10)26-9-15(24)25/h1-6,8H,9H2,(H,24,25)/b11-4-. The molecule has 1 aromatic carbocycles. The third-order valence-electron chi connectivity index (χ3n) is 3.08. The zero-order chi connectivity index (χ0) is 19.3. The topological polar surface area (TPSA) is 83.2 Å². The van der Waals surface area contributed by atoms with Crippen molar-refractivity contribution in [3.8, 4) is 11.8 Å². The molecule has 0 fully saturated rings. The normalized spacial score (nSPS) is 11.7. The number of carbonyl (C=O) groups is 1. The van der Waals surface area contributed by atoms with Gasteiger partial charge in [-0.3, -0.25) is 4.98 Å². The summed E-state index contributed by atoms with van der Waals surface area (Å²) in [5, 5.41) is 17.6. The predicted molar refractivity (Wildman–Crippen MR) is 87.3 cm³/mol. The quantitative estimate of drug-likeness (QED) is 0.780. The third-order valence-corrected chi connectivity index (χ3v) is 3.36. The number of nitriles is 1. The van der Waals surface area contributed by atoms with E-state index < -0.39 is 24.3 Å². The Morgan fingerprint density at radius 1 is 1.38 bits per heavy atom. The van der Waals surface area contributed by atoms with Crippen LogP contribution in [0.15, 0.2) is 36.5 Å². The molecule has 2 aromatic rings. The van der Waals surface area contributed by atoms with Crippen molar-refractivity contribution in [3.05, 3.63) is 58.4 Å². The smallest absolute Gasteiger partial charge is 0.417 e. The van der Waals surface area contributed by atoms with Gasteiger partial charge in [-0.1, -0.05) is 23.7 Å². The van der Waals surface area contributed by atoms with E-state index in [2.05, 4.69) is 4.98 Å². The van der Waals surface area contributed by atoms with Crippen LogP contribution in [0.5, 0.6) is 5.75 Å². The second-order valence-corrected chi connectivity index (χ2v) is 5.38. The number of carboxylic acid groups (broad SMARTS) is 1. The number of alkyl halides is 3. The van der Waals surface area contributed by atoms with E-state index in [0.29, 0.717) is 17.8 Å². The number of benzene rings is 1. The van der Waals surface area contributed by atoms with Crippen molar-refractivity contribution in [2.75, 3.05) is 6.61 Å². The number of allylic oxidation sites excluding steroid dienone is 1.